The average Bonchev–Trinajstić information content (AvgIpc) is 3.39. The number of hydrogen-bond acceptors (Lipinski definition) is 7. The molecule has 1 amide bonds. The molecule has 3 heterocycles. The SMILES string of the molecule is C[C@@H]1CN(C(=O)c2ccccc2)CCN1S(=O)(=O)c1ccc(-c2csnn2)s1. The van der Waals surface area contributed by atoms with Gasteiger partial charge < -0.3 is 4.90 Å². The zero-order valence-corrected chi connectivity index (χ0v) is 17.5. The summed E-state index contributed by atoms with van der Waals surface area (Å²) in [5.74, 6) is -0.0704. The monoisotopic (exact) mass is 434 g/mol. The Bertz CT molecular complexity index is 1060. The van der Waals surface area contributed by atoms with Gasteiger partial charge in [-0.05, 0) is 42.7 Å². The van der Waals surface area contributed by atoms with Gasteiger partial charge >= 0.3 is 0 Å². The van der Waals surface area contributed by atoms with E-state index in [2.05, 4.69) is 9.59 Å². The summed E-state index contributed by atoms with van der Waals surface area (Å²) >= 11 is 2.42. The van der Waals surface area contributed by atoms with Crippen LogP contribution < -0.4 is 0 Å². The zero-order chi connectivity index (χ0) is 19.7. The molecule has 1 atom stereocenters. The second-order valence-corrected chi connectivity index (χ2v) is 10.3. The Labute approximate surface area is 171 Å². The van der Waals surface area contributed by atoms with E-state index in [-0.39, 0.29) is 22.7 Å². The molecule has 10 heteroatoms. The minimum atomic E-state index is -3.63. The van der Waals surface area contributed by atoms with E-state index in [1.807, 2.05) is 25.1 Å². The molecule has 0 bridgehead atoms. The van der Waals surface area contributed by atoms with Gasteiger partial charge in [-0.1, -0.05) is 22.7 Å². The predicted molar refractivity (Wildman–Crippen MR) is 109 cm³/mol. The summed E-state index contributed by atoms with van der Waals surface area (Å²) < 4.78 is 31.8. The first kappa shape index (κ1) is 19.2. The molecule has 1 saturated heterocycles. The van der Waals surface area contributed by atoms with Gasteiger partial charge in [-0.25, -0.2) is 8.42 Å². The third-order valence-electron chi connectivity index (χ3n) is 4.63. The van der Waals surface area contributed by atoms with E-state index in [1.165, 1.54) is 27.2 Å². The number of carbonyl (C=O) groups is 1. The second-order valence-electron chi connectivity index (χ2n) is 6.49. The van der Waals surface area contributed by atoms with Gasteiger partial charge in [-0.15, -0.1) is 16.4 Å². The van der Waals surface area contributed by atoms with Gasteiger partial charge in [0.25, 0.3) is 15.9 Å². The van der Waals surface area contributed by atoms with Crippen molar-refractivity contribution in [3.05, 3.63) is 53.4 Å². The van der Waals surface area contributed by atoms with E-state index in [9.17, 15) is 13.2 Å². The Hall–Kier alpha value is -2.14. The van der Waals surface area contributed by atoms with Gasteiger partial charge in [0, 0.05) is 36.6 Å². The number of carbonyl (C=O) groups excluding carboxylic acids is 1. The number of rotatable bonds is 4. The Morgan fingerprint density at radius 3 is 2.61 bits per heavy atom. The molecular formula is C18H18N4O3S3. The van der Waals surface area contributed by atoms with Crippen molar-refractivity contribution in [2.45, 2.75) is 17.2 Å². The number of hydrogen-bond donors (Lipinski definition) is 0. The molecule has 1 aromatic carbocycles. The minimum Gasteiger partial charge on any atom is -0.336 e. The van der Waals surface area contributed by atoms with Crippen molar-refractivity contribution in [1.82, 2.24) is 18.8 Å². The molecule has 0 unspecified atom stereocenters. The van der Waals surface area contributed by atoms with Gasteiger partial charge in [-0.2, -0.15) is 4.31 Å². The third-order valence-corrected chi connectivity index (χ3v) is 8.72. The maximum atomic E-state index is 13.1. The highest BCUT2D eigenvalue weighted by atomic mass is 32.2. The van der Waals surface area contributed by atoms with Gasteiger partial charge in [-0.3, -0.25) is 4.79 Å². The molecule has 1 aliphatic heterocycles. The maximum Gasteiger partial charge on any atom is 0.253 e. The van der Waals surface area contributed by atoms with Crippen molar-refractivity contribution < 1.29 is 13.2 Å². The lowest BCUT2D eigenvalue weighted by atomic mass is 10.1. The van der Waals surface area contributed by atoms with Crippen LogP contribution >= 0.6 is 22.9 Å². The molecule has 2 aromatic heterocycles. The number of nitrogens with zero attached hydrogens (tertiary/aromatic N) is 4. The number of benzene rings is 1. The average molecular weight is 435 g/mol. The summed E-state index contributed by atoms with van der Waals surface area (Å²) in [5.41, 5.74) is 1.30. The largest absolute Gasteiger partial charge is 0.336 e. The highest BCUT2D eigenvalue weighted by Gasteiger charge is 2.36. The third kappa shape index (κ3) is 3.60. The van der Waals surface area contributed by atoms with Crippen LogP contribution in [0.1, 0.15) is 17.3 Å². The number of piperazine rings is 1. The fourth-order valence-electron chi connectivity index (χ4n) is 3.23. The lowest BCUT2D eigenvalue weighted by Gasteiger charge is -2.38. The fraction of sp³-hybridized carbons (Fsp3) is 0.278. The molecule has 1 aliphatic rings. The van der Waals surface area contributed by atoms with Crippen molar-refractivity contribution in [3.8, 4) is 10.6 Å². The predicted octanol–water partition coefficient (Wildman–Crippen LogP) is 2.80. The summed E-state index contributed by atoms with van der Waals surface area (Å²) in [4.78, 5) is 15.1. The molecule has 0 N–H and O–H groups in total. The lowest BCUT2D eigenvalue weighted by molar-refractivity contribution is 0.0642. The van der Waals surface area contributed by atoms with Crippen LogP contribution in [0.25, 0.3) is 10.6 Å². The van der Waals surface area contributed by atoms with E-state index >= 15 is 0 Å². The summed E-state index contributed by atoms with van der Waals surface area (Å²) in [6, 6.07) is 12.1. The van der Waals surface area contributed by atoms with Crippen molar-refractivity contribution in [2.75, 3.05) is 19.6 Å². The Kier molecular flexibility index (Phi) is 5.28. The molecule has 0 aliphatic carbocycles. The van der Waals surface area contributed by atoms with Crippen molar-refractivity contribution in [2.24, 2.45) is 0 Å². The molecule has 7 nitrogen and oxygen atoms in total. The van der Waals surface area contributed by atoms with E-state index in [0.717, 1.165) is 4.88 Å². The van der Waals surface area contributed by atoms with Crippen LogP contribution in [0.15, 0.2) is 52.1 Å². The Morgan fingerprint density at radius 2 is 1.93 bits per heavy atom. The number of thiophene rings is 1. The van der Waals surface area contributed by atoms with Crippen LogP contribution in [0, 0.1) is 0 Å². The van der Waals surface area contributed by atoms with E-state index in [1.54, 1.807) is 34.5 Å². The second kappa shape index (κ2) is 7.70. The number of aromatic nitrogens is 2. The molecule has 4 rings (SSSR count). The molecule has 0 radical (unpaired) electrons. The molecular weight excluding hydrogens is 416 g/mol. The van der Waals surface area contributed by atoms with E-state index in [4.69, 9.17) is 0 Å². The smallest absolute Gasteiger partial charge is 0.253 e. The summed E-state index contributed by atoms with van der Waals surface area (Å²) in [6.45, 7) is 2.83. The van der Waals surface area contributed by atoms with Crippen molar-refractivity contribution in [3.63, 3.8) is 0 Å². The van der Waals surface area contributed by atoms with Crippen LogP contribution in [-0.4, -0.2) is 58.8 Å². The Balaban J connectivity index is 1.50. The summed E-state index contributed by atoms with van der Waals surface area (Å²) in [6.07, 6.45) is 0. The number of amides is 1. The van der Waals surface area contributed by atoms with Crippen molar-refractivity contribution in [1.29, 1.82) is 0 Å². The molecule has 0 saturated carbocycles. The minimum absolute atomic E-state index is 0.0704. The van der Waals surface area contributed by atoms with E-state index in [0.29, 0.717) is 24.3 Å². The van der Waals surface area contributed by atoms with Crippen LogP contribution in [0.5, 0.6) is 0 Å². The van der Waals surface area contributed by atoms with Crippen LogP contribution in [-0.2, 0) is 10.0 Å². The van der Waals surface area contributed by atoms with Gasteiger partial charge in [0.05, 0.1) is 4.88 Å². The zero-order valence-electron chi connectivity index (χ0n) is 15.1. The molecule has 3 aromatic rings. The van der Waals surface area contributed by atoms with Crippen LogP contribution in [0.2, 0.25) is 0 Å². The maximum absolute atomic E-state index is 13.1. The van der Waals surface area contributed by atoms with Crippen LogP contribution in [0.3, 0.4) is 0 Å². The highest BCUT2D eigenvalue weighted by molar-refractivity contribution is 7.91. The lowest BCUT2D eigenvalue weighted by Crippen LogP contribution is -2.55. The van der Waals surface area contributed by atoms with E-state index < -0.39 is 10.0 Å². The normalized spacial score (nSPS) is 18.3. The quantitative estimate of drug-likeness (QED) is 0.631. The van der Waals surface area contributed by atoms with Gasteiger partial charge in [0.15, 0.2) is 0 Å². The Morgan fingerprint density at radius 1 is 1.14 bits per heavy atom. The first-order valence-corrected chi connectivity index (χ1v) is 11.8. The first-order chi connectivity index (χ1) is 13.5. The molecule has 146 valence electrons. The van der Waals surface area contributed by atoms with Gasteiger partial charge in [0.1, 0.15) is 9.90 Å². The fourth-order valence-corrected chi connectivity index (χ4v) is 6.77. The first-order valence-electron chi connectivity index (χ1n) is 8.70. The summed E-state index contributed by atoms with van der Waals surface area (Å²) in [5, 5.41) is 5.78. The molecule has 0 spiro atoms. The van der Waals surface area contributed by atoms with Gasteiger partial charge in [0.2, 0.25) is 0 Å². The standard InChI is InChI=1S/C18H18N4O3S3/c1-13-11-21(18(23)14-5-3-2-4-6-14)9-10-22(13)28(24,25)17-8-7-16(27-17)15-12-26-20-19-15/h2-8,12-13H,9-11H2,1H3/t13-/m1/s1. The highest BCUT2D eigenvalue weighted by Crippen LogP contribution is 2.33. The number of sulfonamides is 1. The molecule has 28 heavy (non-hydrogen) atoms. The van der Waals surface area contributed by atoms with Crippen molar-refractivity contribution >= 4 is 38.8 Å². The summed E-state index contributed by atoms with van der Waals surface area (Å²) in [7, 11) is -3.63. The van der Waals surface area contributed by atoms with Crippen LogP contribution in [0.4, 0.5) is 0 Å². The molecule has 1 fully saturated rings. The topological polar surface area (TPSA) is 83.5 Å².